The Morgan fingerprint density at radius 3 is 2.81 bits per heavy atom. The number of rotatable bonds is 5. The summed E-state index contributed by atoms with van der Waals surface area (Å²) in [6, 6.07) is 7.74. The third-order valence-corrected chi connectivity index (χ3v) is 3.33. The van der Waals surface area contributed by atoms with Crippen LogP contribution in [0.25, 0.3) is 10.9 Å². The number of aliphatic hydroxyl groups is 1. The maximum absolute atomic E-state index is 11.9. The summed E-state index contributed by atoms with van der Waals surface area (Å²) in [4.78, 5) is 26.2. The number of para-hydroxylation sites is 1. The highest BCUT2D eigenvalue weighted by atomic mass is 16.5. The molecule has 1 aromatic carbocycles. The van der Waals surface area contributed by atoms with Gasteiger partial charge in [0.1, 0.15) is 0 Å². The number of aliphatic hydroxyl groups excluding tert-OH is 1. The summed E-state index contributed by atoms with van der Waals surface area (Å²) in [5.41, 5.74) is 2.82. The Morgan fingerprint density at radius 1 is 1.38 bits per heavy atom. The monoisotopic (exact) mass is 290 g/mol. The minimum Gasteiger partial charge on any atom is -0.467 e. The van der Waals surface area contributed by atoms with Crippen LogP contribution in [0.4, 0.5) is 0 Å². The van der Waals surface area contributed by atoms with Crippen molar-refractivity contribution in [2.75, 3.05) is 13.7 Å². The van der Waals surface area contributed by atoms with E-state index in [0.29, 0.717) is 0 Å². The van der Waals surface area contributed by atoms with Crippen LogP contribution in [0.1, 0.15) is 11.3 Å². The van der Waals surface area contributed by atoms with Gasteiger partial charge in [-0.15, -0.1) is 0 Å². The highest BCUT2D eigenvalue weighted by Gasteiger charge is 2.17. The van der Waals surface area contributed by atoms with E-state index in [9.17, 15) is 14.7 Å². The van der Waals surface area contributed by atoms with Crippen LogP contribution >= 0.6 is 0 Å². The van der Waals surface area contributed by atoms with Gasteiger partial charge in [-0.1, -0.05) is 18.2 Å². The number of hydrogen-bond acceptors (Lipinski definition) is 4. The number of carbonyl (C=O) groups is 2. The van der Waals surface area contributed by atoms with Crippen LogP contribution in [-0.2, 0) is 20.7 Å². The second-order valence-corrected chi connectivity index (χ2v) is 4.79. The van der Waals surface area contributed by atoms with Gasteiger partial charge >= 0.3 is 5.97 Å². The van der Waals surface area contributed by atoms with Gasteiger partial charge in [-0.2, -0.15) is 0 Å². The second-order valence-electron chi connectivity index (χ2n) is 4.79. The van der Waals surface area contributed by atoms with Crippen LogP contribution in [0.3, 0.4) is 0 Å². The third kappa shape index (κ3) is 3.41. The number of esters is 1. The van der Waals surface area contributed by atoms with Gasteiger partial charge in [0.2, 0.25) is 5.91 Å². The molecule has 1 atom stereocenters. The topological polar surface area (TPSA) is 91.4 Å². The van der Waals surface area contributed by atoms with Crippen molar-refractivity contribution in [1.29, 1.82) is 0 Å². The maximum Gasteiger partial charge on any atom is 0.336 e. The van der Waals surface area contributed by atoms with Crippen LogP contribution in [0.2, 0.25) is 0 Å². The third-order valence-electron chi connectivity index (χ3n) is 3.33. The van der Waals surface area contributed by atoms with Crippen molar-refractivity contribution in [2.24, 2.45) is 0 Å². The van der Waals surface area contributed by atoms with Crippen molar-refractivity contribution in [3.63, 3.8) is 0 Å². The van der Waals surface area contributed by atoms with E-state index in [4.69, 9.17) is 0 Å². The lowest BCUT2D eigenvalue weighted by Gasteiger charge is -2.09. The molecule has 112 valence electrons. The molecule has 1 aromatic heterocycles. The van der Waals surface area contributed by atoms with E-state index in [1.165, 1.54) is 7.11 Å². The first-order valence-corrected chi connectivity index (χ1v) is 6.61. The molecule has 2 rings (SSSR count). The van der Waals surface area contributed by atoms with E-state index in [1.54, 1.807) is 0 Å². The molecule has 0 aliphatic carbocycles. The number of aromatic amines is 1. The Kier molecular flexibility index (Phi) is 4.59. The van der Waals surface area contributed by atoms with Crippen LogP contribution in [0.15, 0.2) is 24.3 Å². The van der Waals surface area contributed by atoms with Gasteiger partial charge in [0.05, 0.1) is 20.1 Å². The fourth-order valence-electron chi connectivity index (χ4n) is 2.22. The van der Waals surface area contributed by atoms with Crippen molar-refractivity contribution < 1.29 is 19.4 Å². The first-order chi connectivity index (χ1) is 10.0. The van der Waals surface area contributed by atoms with Crippen LogP contribution in [-0.4, -0.2) is 41.7 Å². The Bertz CT molecular complexity index is 663. The van der Waals surface area contributed by atoms with Crippen molar-refractivity contribution in [1.82, 2.24) is 10.3 Å². The fourth-order valence-corrected chi connectivity index (χ4v) is 2.22. The lowest BCUT2D eigenvalue weighted by atomic mass is 10.1. The maximum atomic E-state index is 11.9. The summed E-state index contributed by atoms with van der Waals surface area (Å²) in [5, 5.41) is 12.9. The van der Waals surface area contributed by atoms with Gasteiger partial charge in [0.25, 0.3) is 0 Å². The minimum absolute atomic E-state index is 0.160. The molecule has 1 amide bonds. The number of H-pyrrole nitrogens is 1. The van der Waals surface area contributed by atoms with Crippen LogP contribution in [0, 0.1) is 6.92 Å². The number of methoxy groups -OCH3 is 1. The van der Waals surface area contributed by atoms with E-state index in [2.05, 4.69) is 15.0 Å². The van der Waals surface area contributed by atoms with Gasteiger partial charge < -0.3 is 20.1 Å². The van der Waals surface area contributed by atoms with E-state index < -0.39 is 12.1 Å². The highest BCUT2D eigenvalue weighted by molar-refractivity contribution is 5.90. The fraction of sp³-hybridized carbons (Fsp3) is 0.333. The minimum atomic E-state index is -1.34. The zero-order chi connectivity index (χ0) is 15.4. The van der Waals surface area contributed by atoms with E-state index >= 15 is 0 Å². The van der Waals surface area contributed by atoms with Gasteiger partial charge in [0.15, 0.2) is 6.10 Å². The molecule has 1 heterocycles. The molecule has 1 unspecified atom stereocenters. The Hall–Kier alpha value is -2.34. The molecular formula is C15H18N2O4. The van der Waals surface area contributed by atoms with E-state index in [0.717, 1.165) is 22.2 Å². The van der Waals surface area contributed by atoms with Gasteiger partial charge in [-0.3, -0.25) is 4.79 Å². The first kappa shape index (κ1) is 15.1. The van der Waals surface area contributed by atoms with E-state index in [1.807, 2.05) is 31.2 Å². The number of carbonyl (C=O) groups excluding carboxylic acids is 2. The predicted octanol–water partition coefficient (Wildman–Crippen LogP) is 0.669. The van der Waals surface area contributed by atoms with Gasteiger partial charge in [0, 0.05) is 16.6 Å². The van der Waals surface area contributed by atoms with Crippen LogP contribution < -0.4 is 5.32 Å². The average Bonchev–Trinajstić information content (AvgIpc) is 2.80. The number of amides is 1. The molecule has 6 heteroatoms. The lowest BCUT2D eigenvalue weighted by Crippen LogP contribution is -2.37. The normalized spacial score (nSPS) is 12.1. The zero-order valence-electron chi connectivity index (χ0n) is 12.0. The first-order valence-electron chi connectivity index (χ1n) is 6.61. The van der Waals surface area contributed by atoms with Crippen LogP contribution in [0.5, 0.6) is 0 Å². The number of hydrogen-bond donors (Lipinski definition) is 3. The molecular weight excluding hydrogens is 272 g/mol. The Labute approximate surface area is 122 Å². The molecule has 21 heavy (non-hydrogen) atoms. The molecule has 0 bridgehead atoms. The summed E-state index contributed by atoms with van der Waals surface area (Å²) < 4.78 is 4.38. The molecule has 0 aliphatic heterocycles. The molecule has 3 N–H and O–H groups in total. The summed E-state index contributed by atoms with van der Waals surface area (Å²) in [5.74, 6) is -1.02. The lowest BCUT2D eigenvalue weighted by molar-refractivity contribution is -0.150. The molecule has 0 fully saturated rings. The summed E-state index contributed by atoms with van der Waals surface area (Å²) in [6.45, 7) is 1.75. The van der Waals surface area contributed by atoms with Gasteiger partial charge in [-0.05, 0) is 18.6 Å². The molecule has 0 saturated heterocycles. The molecule has 0 saturated carbocycles. The second kappa shape index (κ2) is 6.41. The highest BCUT2D eigenvalue weighted by Crippen LogP contribution is 2.22. The number of aryl methyl sites for hydroxylation is 1. The molecule has 0 spiro atoms. The molecule has 6 nitrogen and oxygen atoms in total. The molecule has 0 aliphatic rings. The van der Waals surface area contributed by atoms with Crippen molar-refractivity contribution in [3.05, 3.63) is 35.5 Å². The van der Waals surface area contributed by atoms with Crippen molar-refractivity contribution in [2.45, 2.75) is 19.4 Å². The SMILES string of the molecule is COC(=O)C(O)CNC(=O)Cc1c(C)[nH]c2ccccc12. The number of benzene rings is 1. The largest absolute Gasteiger partial charge is 0.467 e. The molecule has 2 aromatic rings. The average molecular weight is 290 g/mol. The van der Waals surface area contributed by atoms with Crippen molar-refractivity contribution >= 4 is 22.8 Å². The number of fused-ring (bicyclic) bond motifs is 1. The zero-order valence-corrected chi connectivity index (χ0v) is 12.0. The quantitative estimate of drug-likeness (QED) is 0.706. The van der Waals surface area contributed by atoms with E-state index in [-0.39, 0.29) is 18.9 Å². The smallest absolute Gasteiger partial charge is 0.336 e. The van der Waals surface area contributed by atoms with Crippen molar-refractivity contribution in [3.8, 4) is 0 Å². The van der Waals surface area contributed by atoms with Gasteiger partial charge in [-0.25, -0.2) is 4.79 Å². The summed E-state index contributed by atoms with van der Waals surface area (Å²) >= 11 is 0. The Balaban J connectivity index is 2.02. The predicted molar refractivity (Wildman–Crippen MR) is 77.8 cm³/mol. The molecule has 0 radical (unpaired) electrons. The number of aromatic nitrogens is 1. The summed E-state index contributed by atoms with van der Waals surface area (Å²) in [7, 11) is 1.18. The number of nitrogens with one attached hydrogen (secondary N) is 2. The number of ether oxygens (including phenoxy) is 1. The Morgan fingerprint density at radius 2 is 2.10 bits per heavy atom. The summed E-state index contributed by atoms with van der Waals surface area (Å²) in [6.07, 6.45) is -1.16. The standard InChI is InChI=1S/C15H18N2O4/c1-9-11(10-5-3-4-6-12(10)17-9)7-14(19)16-8-13(18)15(20)21-2/h3-6,13,17-18H,7-8H2,1-2H3,(H,16,19).